The third-order valence-electron chi connectivity index (χ3n) is 6.57. The maximum atomic E-state index is 13.1. The molecule has 1 atom stereocenters. The molecule has 176 valence electrons. The molecular formula is C25H23ClN2O6. The molecule has 8 nitrogen and oxygen atoms in total. The molecule has 34 heavy (non-hydrogen) atoms. The Morgan fingerprint density at radius 1 is 1.06 bits per heavy atom. The van der Waals surface area contributed by atoms with Gasteiger partial charge in [0, 0.05) is 31.1 Å². The molecule has 1 aliphatic carbocycles. The number of fused-ring (bicyclic) bond motifs is 1. The predicted octanol–water partition coefficient (Wildman–Crippen LogP) is 3.22. The highest BCUT2D eigenvalue weighted by Crippen LogP contribution is 2.42. The van der Waals surface area contributed by atoms with Crippen molar-refractivity contribution < 1.29 is 28.7 Å². The summed E-state index contributed by atoms with van der Waals surface area (Å²) in [5, 5.41) is 0.386. The maximum absolute atomic E-state index is 13.1. The highest BCUT2D eigenvalue weighted by molar-refractivity contribution is 6.31. The zero-order valence-corrected chi connectivity index (χ0v) is 19.6. The first kappa shape index (κ1) is 23.6. The lowest BCUT2D eigenvalue weighted by Crippen LogP contribution is -2.55. The molecule has 0 spiro atoms. The summed E-state index contributed by atoms with van der Waals surface area (Å²) in [6.45, 7) is -0.599. The summed E-state index contributed by atoms with van der Waals surface area (Å²) in [4.78, 5) is 65.3. The number of nitrogens with zero attached hydrogens (tertiary/aromatic N) is 2. The first-order valence-corrected chi connectivity index (χ1v) is 11.2. The van der Waals surface area contributed by atoms with Crippen molar-refractivity contribution in [3.63, 3.8) is 0 Å². The van der Waals surface area contributed by atoms with Crippen LogP contribution in [0.1, 0.15) is 62.3 Å². The number of Topliss-reactive ketones (excluding diaryl/α,β-unsaturated/α-hetero) is 1. The average molecular weight is 483 g/mol. The number of carbonyl (C=O) groups excluding carboxylic acids is 5. The van der Waals surface area contributed by atoms with Crippen LogP contribution in [0.5, 0.6) is 0 Å². The first-order chi connectivity index (χ1) is 16.2. The quantitative estimate of drug-likeness (QED) is 0.479. The Morgan fingerprint density at radius 2 is 1.76 bits per heavy atom. The largest absolute Gasteiger partial charge is 0.452 e. The molecular weight excluding hydrogens is 460 g/mol. The second-order valence-electron chi connectivity index (χ2n) is 8.43. The number of rotatable bonds is 5. The van der Waals surface area contributed by atoms with Gasteiger partial charge in [0.1, 0.15) is 5.54 Å². The third kappa shape index (κ3) is 3.77. The zero-order chi connectivity index (χ0) is 24.6. The van der Waals surface area contributed by atoms with Gasteiger partial charge in [-0.25, -0.2) is 4.79 Å². The van der Waals surface area contributed by atoms with E-state index in [2.05, 4.69) is 0 Å². The summed E-state index contributed by atoms with van der Waals surface area (Å²) in [6.07, 6.45) is 2.21. The molecule has 0 radical (unpaired) electrons. The number of imide groups is 1. The van der Waals surface area contributed by atoms with E-state index in [1.54, 1.807) is 24.3 Å². The Hall–Kier alpha value is -3.52. The molecule has 1 heterocycles. The van der Waals surface area contributed by atoms with Gasteiger partial charge in [0.25, 0.3) is 17.7 Å². The second kappa shape index (κ2) is 9.02. The molecule has 1 saturated carbocycles. The van der Waals surface area contributed by atoms with Gasteiger partial charge in [-0.2, -0.15) is 0 Å². The number of hydrogen-bond donors (Lipinski definition) is 0. The van der Waals surface area contributed by atoms with E-state index in [4.69, 9.17) is 16.3 Å². The number of halogens is 1. The van der Waals surface area contributed by atoms with E-state index in [1.807, 2.05) is 0 Å². The van der Waals surface area contributed by atoms with E-state index >= 15 is 0 Å². The normalized spacial score (nSPS) is 19.7. The van der Waals surface area contributed by atoms with Crippen LogP contribution in [0.2, 0.25) is 5.02 Å². The van der Waals surface area contributed by atoms with Crippen molar-refractivity contribution in [2.45, 2.75) is 31.2 Å². The van der Waals surface area contributed by atoms with Crippen LogP contribution in [0.25, 0.3) is 0 Å². The molecule has 3 amide bonds. The fraction of sp³-hybridized carbons (Fsp3) is 0.320. The number of ether oxygens (including phenoxy) is 1. The van der Waals surface area contributed by atoms with Crippen LogP contribution in [0.15, 0.2) is 42.5 Å². The fourth-order valence-electron chi connectivity index (χ4n) is 4.64. The highest BCUT2D eigenvalue weighted by Gasteiger charge is 2.48. The minimum absolute atomic E-state index is 0.0419. The Labute approximate surface area is 201 Å². The third-order valence-corrected chi connectivity index (χ3v) is 6.90. The van der Waals surface area contributed by atoms with Crippen LogP contribution in [0.4, 0.5) is 0 Å². The summed E-state index contributed by atoms with van der Waals surface area (Å²) >= 11 is 6.42. The molecule has 1 unspecified atom stereocenters. The van der Waals surface area contributed by atoms with Crippen molar-refractivity contribution in [2.24, 2.45) is 0 Å². The maximum Gasteiger partial charge on any atom is 0.338 e. The van der Waals surface area contributed by atoms with Crippen molar-refractivity contribution in [3.8, 4) is 0 Å². The van der Waals surface area contributed by atoms with Gasteiger partial charge in [0.05, 0.1) is 16.7 Å². The molecule has 0 bridgehead atoms. The number of ketones is 1. The van der Waals surface area contributed by atoms with Crippen molar-refractivity contribution in [1.82, 2.24) is 9.80 Å². The Kier molecular flexibility index (Phi) is 6.27. The van der Waals surface area contributed by atoms with Gasteiger partial charge in [-0.15, -0.1) is 0 Å². The van der Waals surface area contributed by atoms with Gasteiger partial charge in [-0.1, -0.05) is 29.8 Å². The average Bonchev–Trinajstić information content (AvgIpc) is 3.06. The van der Waals surface area contributed by atoms with Gasteiger partial charge in [-0.05, 0) is 43.5 Å². The van der Waals surface area contributed by atoms with Gasteiger partial charge < -0.3 is 9.64 Å². The lowest BCUT2D eigenvalue weighted by Gasteiger charge is -2.43. The molecule has 2 aromatic carbocycles. The fourth-order valence-corrected chi connectivity index (χ4v) is 4.93. The van der Waals surface area contributed by atoms with E-state index < -0.39 is 35.8 Å². The highest BCUT2D eigenvalue weighted by atomic mass is 35.5. The monoisotopic (exact) mass is 482 g/mol. The van der Waals surface area contributed by atoms with E-state index in [9.17, 15) is 24.0 Å². The van der Waals surface area contributed by atoms with E-state index in [0.717, 1.165) is 17.7 Å². The number of hydrogen-bond acceptors (Lipinski definition) is 6. The summed E-state index contributed by atoms with van der Waals surface area (Å²) in [7, 11) is 2.87. The number of carbonyl (C=O) groups is 5. The Bertz CT molecular complexity index is 1230. The summed E-state index contributed by atoms with van der Waals surface area (Å²) in [5.41, 5.74) is -0.326. The van der Waals surface area contributed by atoms with E-state index in [-0.39, 0.29) is 22.5 Å². The van der Waals surface area contributed by atoms with Crippen molar-refractivity contribution in [2.75, 3.05) is 20.7 Å². The lowest BCUT2D eigenvalue weighted by molar-refractivity contribution is -0.150. The molecule has 1 aliphatic heterocycles. The van der Waals surface area contributed by atoms with E-state index in [1.165, 1.54) is 37.2 Å². The van der Waals surface area contributed by atoms with Crippen LogP contribution in [0, 0.1) is 0 Å². The minimum atomic E-state index is -1.23. The zero-order valence-electron chi connectivity index (χ0n) is 18.8. The molecule has 1 fully saturated rings. The first-order valence-electron chi connectivity index (χ1n) is 10.9. The summed E-state index contributed by atoms with van der Waals surface area (Å²) in [6, 6.07) is 11.0. The SMILES string of the molecule is CN1C(=O)c2ccc(C(=O)OCC(=O)N(C)C3(c4ccccc4Cl)CCCCC3=O)cc2C1=O. The van der Waals surface area contributed by atoms with Gasteiger partial charge >= 0.3 is 5.97 Å². The molecule has 2 aliphatic rings. The molecule has 0 saturated heterocycles. The summed E-state index contributed by atoms with van der Waals surface area (Å²) in [5.74, 6) is -2.45. The van der Waals surface area contributed by atoms with Crippen molar-refractivity contribution >= 4 is 41.1 Å². The number of amides is 3. The smallest absolute Gasteiger partial charge is 0.338 e. The van der Waals surface area contributed by atoms with Gasteiger partial charge in [0.2, 0.25) is 0 Å². The van der Waals surface area contributed by atoms with Crippen molar-refractivity contribution in [3.05, 3.63) is 69.7 Å². The minimum Gasteiger partial charge on any atom is -0.452 e. The van der Waals surface area contributed by atoms with Crippen LogP contribution >= 0.6 is 11.6 Å². The predicted molar refractivity (Wildman–Crippen MR) is 123 cm³/mol. The molecule has 2 aromatic rings. The van der Waals surface area contributed by atoms with Crippen LogP contribution in [-0.4, -0.2) is 60.0 Å². The second-order valence-corrected chi connectivity index (χ2v) is 8.84. The topological polar surface area (TPSA) is 101 Å². The van der Waals surface area contributed by atoms with Crippen LogP contribution < -0.4 is 0 Å². The molecule has 0 aromatic heterocycles. The molecule has 0 N–H and O–H groups in total. The van der Waals surface area contributed by atoms with Gasteiger partial charge in [0.15, 0.2) is 12.4 Å². The summed E-state index contributed by atoms with van der Waals surface area (Å²) < 4.78 is 5.21. The lowest BCUT2D eigenvalue weighted by atomic mass is 9.74. The number of benzene rings is 2. The molecule has 9 heteroatoms. The standard InChI is InChI=1S/C25H23ClN2O6/c1-27-22(31)16-11-10-15(13-17(16)23(27)32)24(33)34-14-21(30)28(2)25(12-6-5-9-20(25)29)18-7-3-4-8-19(18)26/h3-4,7-8,10-11,13H,5-6,9,12,14H2,1-2H3. The van der Waals surface area contributed by atoms with Gasteiger partial charge in [-0.3, -0.25) is 24.1 Å². The van der Waals surface area contributed by atoms with Crippen LogP contribution in [-0.2, 0) is 19.9 Å². The van der Waals surface area contributed by atoms with Crippen LogP contribution in [0.3, 0.4) is 0 Å². The number of esters is 1. The number of likely N-dealkylation sites (N-methyl/N-ethyl adjacent to an activating group) is 1. The Balaban J connectivity index is 1.53. The molecule has 4 rings (SSSR count). The van der Waals surface area contributed by atoms with Crippen molar-refractivity contribution in [1.29, 1.82) is 0 Å². The van der Waals surface area contributed by atoms with E-state index in [0.29, 0.717) is 23.4 Å². The Morgan fingerprint density at radius 3 is 2.47 bits per heavy atom.